The van der Waals surface area contributed by atoms with Gasteiger partial charge in [-0.05, 0) is 61.9 Å². The van der Waals surface area contributed by atoms with Crippen LogP contribution in [0.5, 0.6) is 0 Å². The van der Waals surface area contributed by atoms with Gasteiger partial charge in [0.25, 0.3) is 5.91 Å². The van der Waals surface area contributed by atoms with Crippen LogP contribution in [0.3, 0.4) is 0 Å². The third kappa shape index (κ3) is 4.79. The van der Waals surface area contributed by atoms with Crippen LogP contribution < -0.4 is 10.2 Å². The van der Waals surface area contributed by atoms with Crippen molar-refractivity contribution in [1.82, 2.24) is 4.98 Å². The first kappa shape index (κ1) is 20.1. The molecule has 1 N–H and O–H groups in total. The molecule has 0 spiro atoms. The van der Waals surface area contributed by atoms with Crippen LogP contribution >= 0.6 is 0 Å². The lowest BCUT2D eigenvalue weighted by molar-refractivity contribution is 0.0600. The van der Waals surface area contributed by atoms with Gasteiger partial charge < -0.3 is 15.0 Å². The molecule has 3 aromatic rings. The number of esters is 1. The number of nitrogens with zero attached hydrogens (tertiary/aromatic N) is 2. The molecular formula is C23H23N3O3. The number of benzene rings is 2. The summed E-state index contributed by atoms with van der Waals surface area (Å²) in [5.74, 6) is -0.00713. The molecule has 0 atom stereocenters. The maximum Gasteiger partial charge on any atom is 0.337 e. The third-order valence-electron chi connectivity index (χ3n) is 4.44. The maximum atomic E-state index is 13.1. The molecule has 0 radical (unpaired) electrons. The molecule has 0 saturated carbocycles. The number of ether oxygens (including phenoxy) is 1. The van der Waals surface area contributed by atoms with Gasteiger partial charge in [0.2, 0.25) is 0 Å². The van der Waals surface area contributed by atoms with Crippen molar-refractivity contribution in [3.63, 3.8) is 0 Å². The van der Waals surface area contributed by atoms with Crippen LogP contribution in [-0.2, 0) is 4.74 Å². The van der Waals surface area contributed by atoms with Crippen molar-refractivity contribution in [3.05, 3.63) is 83.6 Å². The highest BCUT2D eigenvalue weighted by molar-refractivity contribution is 6.06. The van der Waals surface area contributed by atoms with E-state index in [1.165, 1.54) is 7.11 Å². The highest BCUT2D eigenvalue weighted by Gasteiger charge is 2.17. The maximum absolute atomic E-state index is 13.1. The average Bonchev–Trinajstić information content (AvgIpc) is 2.74. The molecule has 6 heteroatoms. The fourth-order valence-corrected chi connectivity index (χ4v) is 3.02. The van der Waals surface area contributed by atoms with Gasteiger partial charge in [0, 0.05) is 29.7 Å². The van der Waals surface area contributed by atoms with Crippen molar-refractivity contribution in [3.8, 4) is 0 Å². The SMILES string of the molecule is CCN(C(=O)c1ccnc(Nc2cccc(C(=O)OC)c2)c1)c1cccc(C)c1. The summed E-state index contributed by atoms with van der Waals surface area (Å²) in [5, 5.41) is 3.13. The van der Waals surface area contributed by atoms with Crippen LogP contribution in [0.15, 0.2) is 66.9 Å². The van der Waals surface area contributed by atoms with E-state index in [0.29, 0.717) is 29.2 Å². The van der Waals surface area contributed by atoms with Crippen molar-refractivity contribution in [1.29, 1.82) is 0 Å². The number of nitrogens with one attached hydrogen (secondary N) is 1. The number of carbonyl (C=O) groups is 2. The summed E-state index contributed by atoms with van der Waals surface area (Å²) in [6, 6.07) is 18.1. The van der Waals surface area contributed by atoms with Crippen LogP contribution in [0.1, 0.15) is 33.2 Å². The molecule has 0 saturated heterocycles. The molecule has 0 aliphatic carbocycles. The first-order valence-corrected chi connectivity index (χ1v) is 9.32. The first-order valence-electron chi connectivity index (χ1n) is 9.32. The van der Waals surface area contributed by atoms with E-state index in [0.717, 1.165) is 11.3 Å². The lowest BCUT2D eigenvalue weighted by atomic mass is 10.1. The van der Waals surface area contributed by atoms with Gasteiger partial charge in [0.05, 0.1) is 12.7 Å². The van der Waals surface area contributed by atoms with Gasteiger partial charge >= 0.3 is 5.97 Å². The minimum atomic E-state index is -0.415. The Hall–Kier alpha value is -3.67. The summed E-state index contributed by atoms with van der Waals surface area (Å²) in [6.07, 6.45) is 1.59. The fourth-order valence-electron chi connectivity index (χ4n) is 3.02. The quantitative estimate of drug-likeness (QED) is 0.625. The highest BCUT2D eigenvalue weighted by atomic mass is 16.5. The van der Waals surface area contributed by atoms with E-state index in [2.05, 4.69) is 10.3 Å². The molecule has 0 aliphatic heterocycles. The van der Waals surface area contributed by atoms with Gasteiger partial charge in [0.1, 0.15) is 5.82 Å². The van der Waals surface area contributed by atoms with E-state index in [1.807, 2.05) is 44.2 Å². The van der Waals surface area contributed by atoms with Crippen LogP contribution in [0, 0.1) is 6.92 Å². The number of anilines is 3. The number of aromatic nitrogens is 1. The second-order valence-corrected chi connectivity index (χ2v) is 6.52. The van der Waals surface area contributed by atoms with Gasteiger partial charge in [-0.25, -0.2) is 9.78 Å². The molecule has 0 unspecified atom stereocenters. The van der Waals surface area contributed by atoms with Crippen LogP contribution in [0.4, 0.5) is 17.2 Å². The standard InChI is InChI=1S/C23H23N3O3/c1-4-26(20-10-5-7-16(2)13-20)22(27)17-11-12-24-21(15-17)25-19-9-6-8-18(14-19)23(28)29-3/h5-15H,4H2,1-3H3,(H,24,25). The Balaban J connectivity index is 1.83. The Bertz CT molecular complexity index is 1030. The second kappa shape index (κ2) is 9.01. The van der Waals surface area contributed by atoms with E-state index in [1.54, 1.807) is 41.4 Å². The number of rotatable bonds is 6. The topological polar surface area (TPSA) is 71.5 Å². The first-order chi connectivity index (χ1) is 14.0. The van der Waals surface area contributed by atoms with Crippen LogP contribution in [0.2, 0.25) is 0 Å². The van der Waals surface area contributed by atoms with Gasteiger partial charge in [0.15, 0.2) is 0 Å². The van der Waals surface area contributed by atoms with Gasteiger partial charge in [-0.2, -0.15) is 0 Å². The number of amides is 1. The summed E-state index contributed by atoms with van der Waals surface area (Å²) >= 11 is 0. The number of aryl methyl sites for hydroxylation is 1. The summed E-state index contributed by atoms with van der Waals surface area (Å²) in [5.41, 5.74) is 3.58. The highest BCUT2D eigenvalue weighted by Crippen LogP contribution is 2.21. The van der Waals surface area contributed by atoms with Crippen molar-refractivity contribution < 1.29 is 14.3 Å². The second-order valence-electron chi connectivity index (χ2n) is 6.52. The monoisotopic (exact) mass is 389 g/mol. The molecule has 1 heterocycles. The Morgan fingerprint density at radius 1 is 1.03 bits per heavy atom. The van der Waals surface area contributed by atoms with Crippen molar-refractivity contribution in [2.24, 2.45) is 0 Å². The van der Waals surface area contributed by atoms with E-state index in [-0.39, 0.29) is 5.91 Å². The fraction of sp³-hybridized carbons (Fsp3) is 0.174. The zero-order valence-electron chi connectivity index (χ0n) is 16.7. The normalized spacial score (nSPS) is 10.3. The lowest BCUT2D eigenvalue weighted by Gasteiger charge is -2.21. The zero-order valence-corrected chi connectivity index (χ0v) is 16.7. The average molecular weight is 389 g/mol. The van der Waals surface area contributed by atoms with E-state index in [9.17, 15) is 9.59 Å². The van der Waals surface area contributed by atoms with Crippen LogP contribution in [-0.4, -0.2) is 30.5 Å². The van der Waals surface area contributed by atoms with Gasteiger partial charge in [-0.1, -0.05) is 18.2 Å². The Morgan fingerprint density at radius 2 is 1.83 bits per heavy atom. The summed E-state index contributed by atoms with van der Waals surface area (Å²) < 4.78 is 4.75. The summed E-state index contributed by atoms with van der Waals surface area (Å²) in [7, 11) is 1.34. The van der Waals surface area contributed by atoms with E-state index < -0.39 is 5.97 Å². The zero-order chi connectivity index (χ0) is 20.8. The molecule has 2 aromatic carbocycles. The molecule has 1 aromatic heterocycles. The van der Waals surface area contributed by atoms with Crippen LogP contribution in [0.25, 0.3) is 0 Å². The lowest BCUT2D eigenvalue weighted by Crippen LogP contribution is -2.30. The molecule has 3 rings (SSSR count). The van der Waals surface area contributed by atoms with Crippen molar-refractivity contribution >= 4 is 29.1 Å². The van der Waals surface area contributed by atoms with E-state index in [4.69, 9.17) is 4.74 Å². The third-order valence-corrected chi connectivity index (χ3v) is 4.44. The predicted octanol–water partition coefficient (Wildman–Crippen LogP) is 4.59. The minimum Gasteiger partial charge on any atom is -0.465 e. The molecule has 0 aliphatic rings. The Kier molecular flexibility index (Phi) is 6.24. The number of methoxy groups -OCH3 is 1. The molecule has 0 bridgehead atoms. The molecule has 148 valence electrons. The van der Waals surface area contributed by atoms with Crippen molar-refractivity contribution in [2.45, 2.75) is 13.8 Å². The van der Waals surface area contributed by atoms with Gasteiger partial charge in [-0.15, -0.1) is 0 Å². The van der Waals surface area contributed by atoms with Crippen molar-refractivity contribution in [2.75, 3.05) is 23.9 Å². The molecule has 29 heavy (non-hydrogen) atoms. The number of hydrogen-bond acceptors (Lipinski definition) is 5. The summed E-state index contributed by atoms with van der Waals surface area (Å²) in [6.45, 7) is 4.49. The van der Waals surface area contributed by atoms with E-state index >= 15 is 0 Å². The minimum absolute atomic E-state index is 0.105. The molecular weight excluding hydrogens is 366 g/mol. The Morgan fingerprint density at radius 3 is 2.55 bits per heavy atom. The Labute approximate surface area is 170 Å². The van der Waals surface area contributed by atoms with Gasteiger partial charge in [-0.3, -0.25) is 4.79 Å². The predicted molar refractivity (Wildman–Crippen MR) is 114 cm³/mol. The smallest absolute Gasteiger partial charge is 0.337 e. The largest absolute Gasteiger partial charge is 0.465 e. The number of hydrogen-bond donors (Lipinski definition) is 1. The molecule has 6 nitrogen and oxygen atoms in total. The molecule has 0 fully saturated rings. The molecule has 1 amide bonds. The summed E-state index contributed by atoms with van der Waals surface area (Å²) in [4.78, 5) is 30.8. The number of pyridine rings is 1. The number of carbonyl (C=O) groups excluding carboxylic acids is 2.